The summed E-state index contributed by atoms with van der Waals surface area (Å²) in [7, 11) is 1.42. The number of hydrogen-bond donors (Lipinski definition) is 5. The molecule has 1 aliphatic carbocycles. The Labute approximate surface area is 265 Å². The largest absolute Gasteiger partial charge is 0.435 e. The van der Waals surface area contributed by atoms with E-state index in [9.17, 15) is 32.7 Å². The fraction of sp³-hybridized carbons (Fsp3) is 0.414. The lowest BCUT2D eigenvalue weighted by atomic mass is 10.2. The van der Waals surface area contributed by atoms with Crippen molar-refractivity contribution in [1.82, 2.24) is 40.2 Å². The Balaban J connectivity index is 1.06. The quantitative estimate of drug-likeness (QED) is 0.231. The molecule has 0 radical (unpaired) electrons. The van der Waals surface area contributed by atoms with Gasteiger partial charge in [-0.15, -0.1) is 6.58 Å². The smallest absolute Gasteiger partial charge is 0.390 e. The van der Waals surface area contributed by atoms with Gasteiger partial charge in [0, 0.05) is 63.0 Å². The van der Waals surface area contributed by atoms with Crippen LogP contribution in [0.4, 0.5) is 23.7 Å². The lowest BCUT2D eigenvalue weighted by Crippen LogP contribution is -2.49. The Morgan fingerprint density at radius 3 is 2.54 bits per heavy atom. The van der Waals surface area contributed by atoms with E-state index in [1.807, 2.05) is 0 Å². The number of likely N-dealkylation sites (tertiary alicyclic amines) is 1. The number of alkyl halides is 3. The highest BCUT2D eigenvalue weighted by Gasteiger charge is 2.57. The zero-order valence-electron chi connectivity index (χ0n) is 24.5. The maximum absolute atomic E-state index is 13.7. The Morgan fingerprint density at radius 1 is 1.17 bits per heavy atom. The number of imidazole rings is 1. The van der Waals surface area contributed by atoms with Crippen LogP contribution in [0.5, 0.6) is 0 Å². The van der Waals surface area contributed by atoms with Crippen LogP contribution >= 0.6 is 11.6 Å². The second-order valence-electron chi connectivity index (χ2n) is 11.6. The molecule has 0 spiro atoms. The lowest BCUT2D eigenvalue weighted by Gasteiger charge is -2.24. The summed E-state index contributed by atoms with van der Waals surface area (Å²) < 4.78 is 43.3. The molecule has 46 heavy (non-hydrogen) atoms. The molecule has 4 heterocycles. The predicted molar refractivity (Wildman–Crippen MR) is 160 cm³/mol. The molecule has 1 saturated carbocycles. The number of nitrogens with one attached hydrogen (secondary N) is 4. The van der Waals surface area contributed by atoms with Crippen LogP contribution in [0.2, 0.25) is 5.02 Å². The molecule has 17 heteroatoms. The Hall–Kier alpha value is -4.41. The molecule has 0 unspecified atom stereocenters. The fourth-order valence-electron chi connectivity index (χ4n) is 6.08. The second kappa shape index (κ2) is 12.1. The zero-order chi connectivity index (χ0) is 32.9. The molecule has 4 amide bonds. The van der Waals surface area contributed by atoms with Gasteiger partial charge in [0.05, 0.1) is 46.7 Å². The molecule has 3 fully saturated rings. The maximum Gasteiger partial charge on any atom is 0.435 e. The summed E-state index contributed by atoms with van der Waals surface area (Å²) in [6, 6.07) is 3.66. The van der Waals surface area contributed by atoms with E-state index in [0.29, 0.717) is 26.2 Å². The number of amides is 4. The van der Waals surface area contributed by atoms with Crippen LogP contribution in [0.25, 0.3) is 11.3 Å². The van der Waals surface area contributed by atoms with Crippen molar-refractivity contribution in [2.24, 2.45) is 18.9 Å². The average molecular weight is 662 g/mol. The minimum absolute atomic E-state index is 0.0383. The highest BCUT2D eigenvalue weighted by Crippen LogP contribution is 2.45. The number of urea groups is 1. The number of anilines is 1. The van der Waals surface area contributed by atoms with Gasteiger partial charge in [0.25, 0.3) is 11.8 Å². The first kappa shape index (κ1) is 31.6. The fourth-order valence-corrected chi connectivity index (χ4v) is 6.34. The first-order chi connectivity index (χ1) is 21.8. The van der Waals surface area contributed by atoms with Crippen molar-refractivity contribution in [1.29, 1.82) is 0 Å². The number of nitrogens with zero attached hydrogens (tertiary/aromatic N) is 5. The number of β-amino-alcohol motifs (C(OH)–C–C–N with tert-alkyl or cyclic N) is 1. The summed E-state index contributed by atoms with van der Waals surface area (Å²) >= 11 is 6.40. The number of hydrogen-bond acceptors (Lipinski definition) is 7. The number of aromatic nitrogens is 4. The van der Waals surface area contributed by atoms with Gasteiger partial charge in [-0.05, 0) is 18.2 Å². The molecule has 3 aliphatic rings. The molecule has 244 valence electrons. The number of allylic oxidation sites excluding steroid dienone is 1. The van der Waals surface area contributed by atoms with Crippen molar-refractivity contribution in [3.63, 3.8) is 0 Å². The number of carbonyl (C=O) groups is 3. The molecule has 13 nitrogen and oxygen atoms in total. The van der Waals surface area contributed by atoms with Gasteiger partial charge < -0.3 is 35.8 Å². The Morgan fingerprint density at radius 2 is 1.91 bits per heavy atom. The average Bonchev–Trinajstić information content (AvgIpc) is 3.55. The van der Waals surface area contributed by atoms with E-state index in [1.165, 1.54) is 42.1 Å². The minimum Gasteiger partial charge on any atom is -0.390 e. The van der Waals surface area contributed by atoms with E-state index in [4.69, 9.17) is 11.6 Å². The predicted octanol–water partition coefficient (Wildman–Crippen LogP) is 2.10. The van der Waals surface area contributed by atoms with Crippen LogP contribution in [0.3, 0.4) is 0 Å². The molecule has 2 aliphatic heterocycles. The van der Waals surface area contributed by atoms with E-state index >= 15 is 0 Å². The molecule has 6 rings (SSSR count). The van der Waals surface area contributed by atoms with Crippen LogP contribution in [0.15, 0.2) is 43.2 Å². The van der Waals surface area contributed by atoms with Crippen LogP contribution in [-0.2, 0) is 19.8 Å². The first-order valence-electron chi connectivity index (χ1n) is 14.5. The lowest BCUT2D eigenvalue weighted by molar-refractivity contribution is -0.141. The summed E-state index contributed by atoms with van der Waals surface area (Å²) in [4.78, 5) is 44.3. The third-order valence-electron chi connectivity index (χ3n) is 8.56. The van der Waals surface area contributed by atoms with E-state index in [1.54, 1.807) is 4.90 Å². The summed E-state index contributed by atoms with van der Waals surface area (Å²) in [6.45, 7) is 5.50. The monoisotopic (exact) mass is 661 g/mol. The number of piperidine rings is 1. The highest BCUT2D eigenvalue weighted by molar-refractivity contribution is 6.34. The van der Waals surface area contributed by atoms with Gasteiger partial charge >= 0.3 is 12.2 Å². The molecule has 5 atom stereocenters. The van der Waals surface area contributed by atoms with Gasteiger partial charge in [-0.25, -0.2) is 9.78 Å². The van der Waals surface area contributed by atoms with Gasteiger partial charge in [-0.1, -0.05) is 17.7 Å². The number of fused-ring (bicyclic) bond motifs is 1. The molecular weight excluding hydrogens is 631 g/mol. The molecule has 2 aromatic heterocycles. The van der Waals surface area contributed by atoms with E-state index < -0.39 is 29.8 Å². The topological polar surface area (TPSA) is 158 Å². The van der Waals surface area contributed by atoms with Gasteiger partial charge in [-0.2, -0.15) is 18.3 Å². The Bertz CT molecular complexity index is 1690. The summed E-state index contributed by atoms with van der Waals surface area (Å²) in [5.74, 6) is -1.02. The molecule has 0 bridgehead atoms. The van der Waals surface area contributed by atoms with Gasteiger partial charge in [-0.3, -0.25) is 14.3 Å². The summed E-state index contributed by atoms with van der Waals surface area (Å²) in [5.41, 5.74) is -0.869. The zero-order valence-corrected chi connectivity index (χ0v) is 25.3. The normalized spacial score (nSPS) is 23.6. The number of benzene rings is 1. The van der Waals surface area contributed by atoms with Crippen molar-refractivity contribution < 1.29 is 32.7 Å². The van der Waals surface area contributed by atoms with Crippen LogP contribution in [0.1, 0.15) is 26.7 Å². The summed E-state index contributed by atoms with van der Waals surface area (Å²) in [6.07, 6.45) is -1.56. The molecule has 3 aromatic rings. The molecule has 1 aromatic carbocycles. The van der Waals surface area contributed by atoms with Crippen molar-refractivity contribution in [3.8, 4) is 11.3 Å². The first-order valence-corrected chi connectivity index (χ1v) is 14.9. The number of aliphatic hydroxyl groups excluding tert-OH is 1. The molecule has 2 saturated heterocycles. The standard InChI is InChI=1S/C29H31ClF3N9O4/c1-3-6-42-13-18(24(39-42)29(31,32)33)21-9-35-25(40(21)2)27(45)36-14-4-5-15(19(30)7-14)26(44)38-23-16-11-41(12-17(16)23)28(46)37-20-8-34-10-22(20)43/h3-5,7,9,13,16-17,20,22-23,34,43H,1,6,8,10-12H2,2H3,(H,36,45)(H,37,46)(H,38,44)/t16-,17+,20-,22-,23+/m1/s1. The number of halogens is 4. The minimum atomic E-state index is -4.73. The molecular formula is C29H31ClF3N9O4. The van der Waals surface area contributed by atoms with Gasteiger partial charge in [0.2, 0.25) is 0 Å². The van der Waals surface area contributed by atoms with Crippen molar-refractivity contribution in [3.05, 3.63) is 65.4 Å². The number of rotatable bonds is 8. The third-order valence-corrected chi connectivity index (χ3v) is 8.87. The SMILES string of the molecule is C=CCn1cc(-c2cnc(C(=O)Nc3ccc(C(=O)N[C@H]4[C@@H]5CN(C(=O)N[C@@H]6CNC[C@H]6O)C[C@@H]54)c(Cl)c3)n2C)c(C(F)(F)F)n1. The van der Waals surface area contributed by atoms with E-state index in [2.05, 4.69) is 37.9 Å². The van der Waals surface area contributed by atoms with Crippen molar-refractivity contribution in [2.45, 2.75) is 30.9 Å². The second-order valence-corrected chi connectivity index (χ2v) is 12.0. The van der Waals surface area contributed by atoms with Gasteiger partial charge in [0.15, 0.2) is 11.5 Å². The van der Waals surface area contributed by atoms with E-state index in [0.717, 1.165) is 10.9 Å². The van der Waals surface area contributed by atoms with Crippen molar-refractivity contribution >= 4 is 35.1 Å². The van der Waals surface area contributed by atoms with Crippen LogP contribution in [-0.4, -0.2) is 91.6 Å². The van der Waals surface area contributed by atoms with Crippen LogP contribution < -0.4 is 21.3 Å². The van der Waals surface area contributed by atoms with E-state index in [-0.39, 0.29) is 69.9 Å². The molecule has 5 N–H and O–H groups in total. The van der Waals surface area contributed by atoms with Crippen LogP contribution in [0, 0.1) is 11.8 Å². The number of carbonyl (C=O) groups excluding carboxylic acids is 3. The Kier molecular flexibility index (Phi) is 8.29. The van der Waals surface area contributed by atoms with Gasteiger partial charge in [0.1, 0.15) is 0 Å². The van der Waals surface area contributed by atoms with Crippen molar-refractivity contribution in [2.75, 3.05) is 31.5 Å². The summed E-state index contributed by atoms with van der Waals surface area (Å²) in [5, 5.41) is 25.0. The maximum atomic E-state index is 13.7. The number of aliphatic hydroxyl groups is 1. The third kappa shape index (κ3) is 6.07. The highest BCUT2D eigenvalue weighted by atomic mass is 35.5.